The third-order valence-corrected chi connectivity index (χ3v) is 5.39. The van der Waals surface area contributed by atoms with Crippen LogP contribution in [0, 0.1) is 0 Å². The first-order chi connectivity index (χ1) is 14.8. The van der Waals surface area contributed by atoms with Gasteiger partial charge in [-0.2, -0.15) is 10.2 Å². The van der Waals surface area contributed by atoms with Gasteiger partial charge in [0.05, 0.1) is 18.0 Å². The van der Waals surface area contributed by atoms with Gasteiger partial charge in [-0.05, 0) is 61.2 Å². The second kappa shape index (κ2) is 15.6. The summed E-state index contributed by atoms with van der Waals surface area (Å²) in [6.45, 7) is 5.28. The third kappa shape index (κ3) is 10.6. The van der Waals surface area contributed by atoms with Crippen LogP contribution in [0.4, 0.5) is 11.4 Å². The molecule has 164 valence electrons. The predicted molar refractivity (Wildman–Crippen MR) is 128 cm³/mol. The first-order valence-corrected chi connectivity index (χ1v) is 12.1. The molecule has 0 aromatic heterocycles. The van der Waals surface area contributed by atoms with E-state index in [9.17, 15) is 0 Å². The standard InChI is InChI=1S/C27H40N2O/c1-3-5-7-8-9-10-11-12-13-23-30-27-21-19-26(20-22-27)29-28-25-17-15-24(16-18-25)14-6-4-2/h15-22H,3-14,23H2,1-2H3. The molecular formula is C27H40N2O. The fourth-order valence-electron chi connectivity index (χ4n) is 3.44. The molecule has 0 aliphatic rings. The van der Waals surface area contributed by atoms with Crippen LogP contribution in [0.3, 0.4) is 0 Å². The van der Waals surface area contributed by atoms with Gasteiger partial charge in [0, 0.05) is 0 Å². The predicted octanol–water partition coefficient (Wildman–Crippen LogP) is 9.35. The number of rotatable bonds is 16. The minimum Gasteiger partial charge on any atom is -0.494 e. The molecule has 3 heteroatoms. The van der Waals surface area contributed by atoms with E-state index in [4.69, 9.17) is 4.74 Å². The molecule has 0 radical (unpaired) electrons. The second-order valence-electron chi connectivity index (χ2n) is 8.14. The summed E-state index contributed by atoms with van der Waals surface area (Å²) in [6.07, 6.45) is 15.6. The average Bonchev–Trinajstić information content (AvgIpc) is 2.79. The number of hydrogen-bond acceptors (Lipinski definition) is 3. The van der Waals surface area contributed by atoms with E-state index in [-0.39, 0.29) is 0 Å². The maximum Gasteiger partial charge on any atom is 0.119 e. The molecule has 2 rings (SSSR count). The van der Waals surface area contributed by atoms with E-state index in [0.717, 1.165) is 36.6 Å². The molecule has 0 unspecified atom stereocenters. The van der Waals surface area contributed by atoms with Crippen molar-refractivity contribution in [1.29, 1.82) is 0 Å². The van der Waals surface area contributed by atoms with E-state index in [1.54, 1.807) is 0 Å². The lowest BCUT2D eigenvalue weighted by atomic mass is 10.1. The van der Waals surface area contributed by atoms with Gasteiger partial charge >= 0.3 is 0 Å². The Hall–Kier alpha value is -2.16. The Morgan fingerprint density at radius 2 is 1.07 bits per heavy atom. The van der Waals surface area contributed by atoms with Crippen LogP contribution in [0.25, 0.3) is 0 Å². The summed E-state index contributed by atoms with van der Waals surface area (Å²) >= 11 is 0. The van der Waals surface area contributed by atoms with Crippen LogP contribution in [0.5, 0.6) is 5.75 Å². The van der Waals surface area contributed by atoms with Crippen molar-refractivity contribution in [2.45, 2.75) is 90.9 Å². The lowest BCUT2D eigenvalue weighted by molar-refractivity contribution is 0.304. The zero-order chi connectivity index (χ0) is 21.3. The molecular weight excluding hydrogens is 368 g/mol. The number of azo groups is 1. The Morgan fingerprint density at radius 1 is 0.567 bits per heavy atom. The Morgan fingerprint density at radius 3 is 1.63 bits per heavy atom. The maximum absolute atomic E-state index is 5.86. The Kier molecular flexibility index (Phi) is 12.6. The van der Waals surface area contributed by atoms with Crippen LogP contribution in [-0.2, 0) is 6.42 Å². The highest BCUT2D eigenvalue weighted by atomic mass is 16.5. The van der Waals surface area contributed by atoms with Gasteiger partial charge in [-0.15, -0.1) is 0 Å². The highest BCUT2D eigenvalue weighted by Gasteiger charge is 1.97. The Labute approximate surface area is 184 Å². The monoisotopic (exact) mass is 408 g/mol. The number of benzene rings is 2. The summed E-state index contributed by atoms with van der Waals surface area (Å²) in [5.41, 5.74) is 3.10. The summed E-state index contributed by atoms with van der Waals surface area (Å²) in [4.78, 5) is 0. The van der Waals surface area contributed by atoms with E-state index in [1.165, 1.54) is 69.8 Å². The van der Waals surface area contributed by atoms with Crippen molar-refractivity contribution in [3.63, 3.8) is 0 Å². The highest BCUT2D eigenvalue weighted by molar-refractivity contribution is 5.43. The fourth-order valence-corrected chi connectivity index (χ4v) is 3.44. The van der Waals surface area contributed by atoms with E-state index < -0.39 is 0 Å². The van der Waals surface area contributed by atoms with Crippen molar-refractivity contribution in [2.24, 2.45) is 10.2 Å². The summed E-state index contributed by atoms with van der Waals surface area (Å²) < 4.78 is 5.86. The second-order valence-corrected chi connectivity index (χ2v) is 8.14. The van der Waals surface area contributed by atoms with Gasteiger partial charge in [-0.1, -0.05) is 83.8 Å². The fraction of sp³-hybridized carbons (Fsp3) is 0.556. The number of aryl methyl sites for hydroxylation is 1. The molecule has 0 aliphatic carbocycles. The molecule has 0 fully saturated rings. The van der Waals surface area contributed by atoms with Gasteiger partial charge in [-0.25, -0.2) is 0 Å². The number of ether oxygens (including phenoxy) is 1. The van der Waals surface area contributed by atoms with Crippen molar-refractivity contribution in [2.75, 3.05) is 6.61 Å². The molecule has 0 spiro atoms. The van der Waals surface area contributed by atoms with Crippen molar-refractivity contribution in [1.82, 2.24) is 0 Å². The van der Waals surface area contributed by atoms with Gasteiger partial charge in [0.15, 0.2) is 0 Å². The number of hydrogen-bond donors (Lipinski definition) is 0. The maximum atomic E-state index is 5.86. The molecule has 0 saturated carbocycles. The van der Waals surface area contributed by atoms with Crippen molar-refractivity contribution in [3.8, 4) is 5.75 Å². The molecule has 3 nitrogen and oxygen atoms in total. The van der Waals surface area contributed by atoms with Crippen LogP contribution in [-0.4, -0.2) is 6.61 Å². The summed E-state index contributed by atoms with van der Waals surface area (Å²) in [7, 11) is 0. The Bertz CT molecular complexity index is 692. The van der Waals surface area contributed by atoms with Crippen LogP contribution in [0.1, 0.15) is 90.0 Å². The van der Waals surface area contributed by atoms with E-state index in [0.29, 0.717) is 0 Å². The van der Waals surface area contributed by atoms with Crippen LogP contribution < -0.4 is 4.74 Å². The molecule has 0 bridgehead atoms. The number of nitrogens with zero attached hydrogens (tertiary/aromatic N) is 2. The van der Waals surface area contributed by atoms with Crippen molar-refractivity contribution in [3.05, 3.63) is 54.1 Å². The summed E-state index contributed by atoms with van der Waals surface area (Å²) in [5.74, 6) is 0.911. The zero-order valence-corrected chi connectivity index (χ0v) is 19.1. The zero-order valence-electron chi connectivity index (χ0n) is 19.1. The van der Waals surface area contributed by atoms with Gasteiger partial charge in [-0.3, -0.25) is 0 Å². The molecule has 0 N–H and O–H groups in total. The van der Waals surface area contributed by atoms with Gasteiger partial charge in [0.1, 0.15) is 5.75 Å². The van der Waals surface area contributed by atoms with E-state index in [2.05, 4.69) is 36.2 Å². The van der Waals surface area contributed by atoms with Gasteiger partial charge in [0.25, 0.3) is 0 Å². The molecule has 0 amide bonds. The third-order valence-electron chi connectivity index (χ3n) is 5.39. The molecule has 2 aromatic rings. The molecule has 0 saturated heterocycles. The minimum atomic E-state index is 0.793. The minimum absolute atomic E-state index is 0.793. The first kappa shape index (κ1) is 24.1. The average molecular weight is 409 g/mol. The van der Waals surface area contributed by atoms with Gasteiger partial charge < -0.3 is 4.74 Å². The van der Waals surface area contributed by atoms with Crippen LogP contribution in [0.15, 0.2) is 58.8 Å². The molecule has 0 atom stereocenters. The lowest BCUT2D eigenvalue weighted by Gasteiger charge is -2.06. The van der Waals surface area contributed by atoms with Crippen molar-refractivity contribution < 1.29 is 4.74 Å². The summed E-state index contributed by atoms with van der Waals surface area (Å²) in [5, 5.41) is 8.67. The van der Waals surface area contributed by atoms with E-state index >= 15 is 0 Å². The molecule has 0 aliphatic heterocycles. The quantitative estimate of drug-likeness (QED) is 0.201. The first-order valence-electron chi connectivity index (χ1n) is 12.1. The van der Waals surface area contributed by atoms with Crippen LogP contribution in [0.2, 0.25) is 0 Å². The lowest BCUT2D eigenvalue weighted by Crippen LogP contribution is -1.96. The topological polar surface area (TPSA) is 34.0 Å². The van der Waals surface area contributed by atoms with Gasteiger partial charge in [0.2, 0.25) is 0 Å². The van der Waals surface area contributed by atoms with Crippen LogP contribution >= 0.6 is 0 Å². The SMILES string of the molecule is CCCCCCCCCCCOc1ccc(N=Nc2ccc(CCCC)cc2)cc1. The molecule has 0 heterocycles. The summed E-state index contributed by atoms with van der Waals surface area (Å²) in [6, 6.07) is 16.3. The molecule has 30 heavy (non-hydrogen) atoms. The normalized spacial score (nSPS) is 11.3. The Balaban J connectivity index is 1.61. The molecule has 2 aromatic carbocycles. The van der Waals surface area contributed by atoms with E-state index in [1.807, 2.05) is 36.4 Å². The largest absolute Gasteiger partial charge is 0.494 e. The number of unbranched alkanes of at least 4 members (excludes halogenated alkanes) is 9. The highest BCUT2D eigenvalue weighted by Crippen LogP contribution is 2.22. The smallest absolute Gasteiger partial charge is 0.119 e. The van der Waals surface area contributed by atoms with Crippen molar-refractivity contribution >= 4 is 11.4 Å².